The minimum absolute atomic E-state index is 0.108. The van der Waals surface area contributed by atoms with Gasteiger partial charge in [-0.3, -0.25) is 14.2 Å². The molecule has 0 unspecified atom stereocenters. The molecule has 2 heterocycles. The molecule has 0 aliphatic heterocycles. The van der Waals surface area contributed by atoms with Gasteiger partial charge < -0.3 is 5.32 Å². The molecule has 0 saturated heterocycles. The van der Waals surface area contributed by atoms with Gasteiger partial charge in [0, 0.05) is 22.2 Å². The van der Waals surface area contributed by atoms with Crippen LogP contribution >= 0.6 is 11.6 Å². The summed E-state index contributed by atoms with van der Waals surface area (Å²) in [5.74, 6) is -0.670. The Hall–Kier alpha value is -2.81. The lowest BCUT2D eigenvalue weighted by Gasteiger charge is -2.10. The topological polar surface area (TPSA) is 64.7 Å². The van der Waals surface area contributed by atoms with Crippen molar-refractivity contribution in [3.63, 3.8) is 0 Å². The molecule has 1 amide bonds. The van der Waals surface area contributed by atoms with E-state index < -0.39 is 18.1 Å². The van der Waals surface area contributed by atoms with Gasteiger partial charge in [-0.05, 0) is 44.9 Å². The van der Waals surface area contributed by atoms with Gasteiger partial charge in [-0.25, -0.2) is 13.2 Å². The molecule has 1 N–H and O–H groups in total. The zero-order valence-corrected chi connectivity index (χ0v) is 17.8. The zero-order chi connectivity index (χ0) is 22.3. The number of hydrogen-bond acceptors (Lipinski definition) is 3. The molecule has 0 bridgehead atoms. The quantitative estimate of drug-likeness (QED) is 0.550. The molecule has 1 aliphatic rings. The summed E-state index contributed by atoms with van der Waals surface area (Å²) in [6.07, 6.45) is -0.881. The third-order valence-corrected chi connectivity index (χ3v) is 5.71. The van der Waals surface area contributed by atoms with Gasteiger partial charge in [0.2, 0.25) is 5.91 Å². The van der Waals surface area contributed by atoms with Crippen molar-refractivity contribution in [2.75, 3.05) is 5.32 Å². The van der Waals surface area contributed by atoms with Gasteiger partial charge in [0.15, 0.2) is 0 Å². The second kappa shape index (κ2) is 8.37. The number of carbonyl (C=O) groups excluding carboxylic acids is 1. The van der Waals surface area contributed by atoms with Crippen LogP contribution in [0.4, 0.5) is 18.9 Å². The number of nitrogens with zero attached hydrogens (tertiary/aromatic N) is 4. The number of hydrogen-bond donors (Lipinski definition) is 1. The SMILES string of the molecule is Cc1nn(Cc2c(F)cccc2Cl)c(C)c1NC(=O)Cn1nc(C(F)F)cc1C1CC1. The van der Waals surface area contributed by atoms with Crippen molar-refractivity contribution in [1.29, 1.82) is 0 Å². The first-order valence-electron chi connectivity index (χ1n) is 9.87. The van der Waals surface area contributed by atoms with Crippen LogP contribution in [0.2, 0.25) is 5.02 Å². The average molecular weight is 452 g/mol. The van der Waals surface area contributed by atoms with Crippen LogP contribution in [0.15, 0.2) is 24.3 Å². The summed E-state index contributed by atoms with van der Waals surface area (Å²) in [6.45, 7) is 3.40. The lowest BCUT2D eigenvalue weighted by Crippen LogP contribution is -2.21. The predicted molar refractivity (Wildman–Crippen MR) is 110 cm³/mol. The van der Waals surface area contributed by atoms with Crippen LogP contribution < -0.4 is 5.32 Å². The van der Waals surface area contributed by atoms with Crippen molar-refractivity contribution in [2.45, 2.75) is 52.1 Å². The summed E-state index contributed by atoms with van der Waals surface area (Å²) in [5, 5.41) is 11.4. The molecule has 2 aromatic heterocycles. The van der Waals surface area contributed by atoms with E-state index >= 15 is 0 Å². The van der Waals surface area contributed by atoms with Crippen LogP contribution in [0, 0.1) is 19.7 Å². The van der Waals surface area contributed by atoms with E-state index in [-0.39, 0.29) is 24.7 Å². The van der Waals surface area contributed by atoms with Crippen molar-refractivity contribution >= 4 is 23.2 Å². The molecule has 1 fully saturated rings. The minimum Gasteiger partial charge on any atom is -0.321 e. The Morgan fingerprint density at radius 1 is 1.26 bits per heavy atom. The van der Waals surface area contributed by atoms with Crippen molar-refractivity contribution in [1.82, 2.24) is 19.6 Å². The van der Waals surface area contributed by atoms with Crippen LogP contribution in [0.3, 0.4) is 0 Å². The summed E-state index contributed by atoms with van der Waals surface area (Å²) in [6, 6.07) is 5.83. The Morgan fingerprint density at radius 2 is 2.00 bits per heavy atom. The molecule has 0 atom stereocenters. The van der Waals surface area contributed by atoms with E-state index in [2.05, 4.69) is 15.5 Å². The standard InChI is InChI=1S/C21H21ClF3N5O/c1-11-20(12(2)29(27-11)9-14-15(22)4-3-5-16(14)23)26-19(31)10-30-18(13-6-7-13)8-17(28-30)21(24)25/h3-5,8,13,21H,6-7,9-10H2,1-2H3,(H,26,31). The fourth-order valence-corrected chi connectivity index (χ4v) is 3.80. The Morgan fingerprint density at radius 3 is 2.65 bits per heavy atom. The summed E-state index contributed by atoms with van der Waals surface area (Å²) in [4.78, 5) is 12.7. The fraction of sp³-hybridized carbons (Fsp3) is 0.381. The highest BCUT2D eigenvalue weighted by Gasteiger charge is 2.30. The van der Waals surface area contributed by atoms with Gasteiger partial charge in [-0.1, -0.05) is 17.7 Å². The first kappa shape index (κ1) is 21.4. The van der Waals surface area contributed by atoms with Gasteiger partial charge in [-0.2, -0.15) is 10.2 Å². The number of alkyl halides is 2. The fourth-order valence-electron chi connectivity index (χ4n) is 3.57. The minimum atomic E-state index is -2.69. The normalized spacial score (nSPS) is 13.8. The molecular weight excluding hydrogens is 431 g/mol. The third kappa shape index (κ3) is 4.46. The largest absolute Gasteiger partial charge is 0.321 e. The molecule has 10 heteroatoms. The van der Waals surface area contributed by atoms with Gasteiger partial charge in [-0.15, -0.1) is 0 Å². The van der Waals surface area contributed by atoms with Gasteiger partial charge >= 0.3 is 0 Å². The smallest absolute Gasteiger partial charge is 0.282 e. The molecule has 3 aromatic rings. The van der Waals surface area contributed by atoms with Crippen molar-refractivity contribution < 1.29 is 18.0 Å². The maximum absolute atomic E-state index is 14.1. The maximum atomic E-state index is 14.1. The zero-order valence-electron chi connectivity index (χ0n) is 17.0. The van der Waals surface area contributed by atoms with Gasteiger partial charge in [0.05, 0.1) is 23.6 Å². The molecule has 0 spiro atoms. The van der Waals surface area contributed by atoms with E-state index in [4.69, 9.17) is 11.6 Å². The van der Waals surface area contributed by atoms with Crippen molar-refractivity contribution in [3.8, 4) is 0 Å². The first-order valence-corrected chi connectivity index (χ1v) is 10.2. The number of halogens is 4. The Kier molecular flexibility index (Phi) is 5.79. The lowest BCUT2D eigenvalue weighted by molar-refractivity contribution is -0.117. The highest BCUT2D eigenvalue weighted by molar-refractivity contribution is 6.31. The molecule has 1 aromatic carbocycles. The number of carbonyl (C=O) groups is 1. The molecule has 164 valence electrons. The maximum Gasteiger partial charge on any atom is 0.282 e. The van der Waals surface area contributed by atoms with E-state index in [1.165, 1.54) is 22.9 Å². The molecular formula is C21H21ClF3N5O. The number of amides is 1. The molecule has 6 nitrogen and oxygen atoms in total. The summed E-state index contributed by atoms with van der Waals surface area (Å²) in [7, 11) is 0. The van der Waals surface area contributed by atoms with Gasteiger partial charge in [0.25, 0.3) is 6.43 Å². The van der Waals surface area contributed by atoms with E-state index in [9.17, 15) is 18.0 Å². The van der Waals surface area contributed by atoms with E-state index in [1.807, 2.05) is 0 Å². The van der Waals surface area contributed by atoms with Crippen LogP contribution in [-0.4, -0.2) is 25.5 Å². The second-order valence-corrected chi connectivity index (χ2v) is 8.09. The molecule has 31 heavy (non-hydrogen) atoms. The van der Waals surface area contributed by atoms with E-state index in [0.717, 1.165) is 12.8 Å². The first-order chi connectivity index (χ1) is 14.7. The Balaban J connectivity index is 1.52. The summed E-state index contributed by atoms with van der Waals surface area (Å²) >= 11 is 6.11. The highest BCUT2D eigenvalue weighted by atomic mass is 35.5. The van der Waals surface area contributed by atoms with Crippen LogP contribution in [0.5, 0.6) is 0 Å². The number of aromatic nitrogens is 4. The molecule has 1 aliphatic carbocycles. The van der Waals surface area contributed by atoms with E-state index in [0.29, 0.717) is 33.4 Å². The average Bonchev–Trinajstić information content (AvgIpc) is 3.41. The number of benzene rings is 1. The highest BCUT2D eigenvalue weighted by Crippen LogP contribution is 2.41. The van der Waals surface area contributed by atoms with Crippen molar-refractivity contribution in [2.24, 2.45) is 0 Å². The van der Waals surface area contributed by atoms with Gasteiger partial charge in [0.1, 0.15) is 18.1 Å². The van der Waals surface area contributed by atoms with Crippen LogP contribution in [-0.2, 0) is 17.9 Å². The number of aryl methyl sites for hydroxylation is 1. The lowest BCUT2D eigenvalue weighted by atomic mass is 10.2. The van der Waals surface area contributed by atoms with Crippen LogP contribution in [0.1, 0.15) is 53.5 Å². The second-order valence-electron chi connectivity index (χ2n) is 7.68. The molecule has 0 radical (unpaired) electrons. The molecule has 1 saturated carbocycles. The Bertz CT molecular complexity index is 1120. The number of anilines is 1. The molecule has 4 rings (SSSR count). The van der Waals surface area contributed by atoms with Crippen molar-refractivity contribution in [3.05, 3.63) is 63.4 Å². The monoisotopic (exact) mass is 451 g/mol. The number of nitrogens with one attached hydrogen (secondary N) is 1. The summed E-state index contributed by atoms with van der Waals surface area (Å²) < 4.78 is 43.1. The predicted octanol–water partition coefficient (Wildman–Crippen LogP) is 4.99. The number of rotatable bonds is 7. The van der Waals surface area contributed by atoms with Crippen LogP contribution in [0.25, 0.3) is 0 Å². The summed E-state index contributed by atoms with van der Waals surface area (Å²) in [5.41, 5.74) is 2.31. The van der Waals surface area contributed by atoms with E-state index in [1.54, 1.807) is 24.6 Å². The third-order valence-electron chi connectivity index (χ3n) is 5.36. The Labute approximate surface area is 182 Å².